The Morgan fingerprint density at radius 1 is 1.23 bits per heavy atom. The van der Waals surface area contributed by atoms with Gasteiger partial charge >= 0.3 is 0 Å². The highest BCUT2D eigenvalue weighted by atomic mass is 35.5. The van der Waals surface area contributed by atoms with Gasteiger partial charge in [-0.1, -0.05) is 18.2 Å². The van der Waals surface area contributed by atoms with Crippen LogP contribution in [-0.4, -0.2) is 42.5 Å². The maximum absolute atomic E-state index is 12.0. The molecule has 22 heavy (non-hydrogen) atoms. The molecule has 2 saturated heterocycles. The van der Waals surface area contributed by atoms with Crippen molar-refractivity contribution in [2.75, 3.05) is 18.9 Å². The van der Waals surface area contributed by atoms with Gasteiger partial charge in [0.2, 0.25) is 5.91 Å². The minimum Gasteiger partial charge on any atom is -0.326 e. The Kier molecular flexibility index (Phi) is 6.24. The van der Waals surface area contributed by atoms with Crippen molar-refractivity contribution in [1.29, 1.82) is 0 Å². The lowest BCUT2D eigenvalue weighted by Crippen LogP contribution is -2.47. The van der Waals surface area contributed by atoms with Crippen LogP contribution in [0.3, 0.4) is 0 Å². The SMILES string of the molecule is CN(CCC(=O)Nc1ccccc1)C1CC2CCC(C1)N2.Cl. The number of anilines is 1. The van der Waals surface area contributed by atoms with Gasteiger partial charge in [-0.3, -0.25) is 4.79 Å². The van der Waals surface area contributed by atoms with Crippen LogP contribution in [0.5, 0.6) is 0 Å². The normalized spacial score (nSPS) is 26.5. The van der Waals surface area contributed by atoms with Crippen molar-refractivity contribution < 1.29 is 4.79 Å². The number of carbonyl (C=O) groups excluding carboxylic acids is 1. The monoisotopic (exact) mass is 323 g/mol. The van der Waals surface area contributed by atoms with Crippen molar-refractivity contribution in [2.45, 2.75) is 50.2 Å². The Balaban J connectivity index is 0.00000176. The number of rotatable bonds is 5. The van der Waals surface area contributed by atoms with E-state index in [0.717, 1.165) is 12.2 Å². The zero-order valence-electron chi connectivity index (χ0n) is 13.1. The fourth-order valence-corrected chi connectivity index (χ4v) is 3.59. The van der Waals surface area contributed by atoms with E-state index >= 15 is 0 Å². The van der Waals surface area contributed by atoms with Crippen LogP contribution in [0.1, 0.15) is 32.1 Å². The number of benzene rings is 1. The molecule has 3 rings (SSSR count). The van der Waals surface area contributed by atoms with Crippen LogP contribution in [0.15, 0.2) is 30.3 Å². The molecule has 2 aliphatic rings. The second-order valence-electron chi connectivity index (χ2n) is 6.41. The predicted molar refractivity (Wildman–Crippen MR) is 92.5 cm³/mol. The number of fused-ring (bicyclic) bond motifs is 2. The number of amides is 1. The van der Waals surface area contributed by atoms with Gasteiger partial charge in [0, 0.05) is 36.8 Å². The molecule has 2 bridgehead atoms. The Bertz CT molecular complexity index is 470. The summed E-state index contributed by atoms with van der Waals surface area (Å²) >= 11 is 0. The smallest absolute Gasteiger partial charge is 0.225 e. The first-order valence-corrected chi connectivity index (χ1v) is 8.02. The molecule has 2 heterocycles. The summed E-state index contributed by atoms with van der Waals surface area (Å²) in [6, 6.07) is 11.7. The average molecular weight is 324 g/mol. The Labute approximate surface area is 139 Å². The van der Waals surface area contributed by atoms with Gasteiger partial charge in [-0.2, -0.15) is 0 Å². The third kappa shape index (κ3) is 4.45. The lowest BCUT2D eigenvalue weighted by molar-refractivity contribution is -0.116. The topological polar surface area (TPSA) is 44.4 Å². The van der Waals surface area contributed by atoms with E-state index < -0.39 is 0 Å². The summed E-state index contributed by atoms with van der Waals surface area (Å²) in [7, 11) is 2.16. The first-order chi connectivity index (χ1) is 10.2. The molecule has 2 unspecified atom stereocenters. The van der Waals surface area contributed by atoms with E-state index in [1.54, 1.807) is 0 Å². The summed E-state index contributed by atoms with van der Waals surface area (Å²) < 4.78 is 0. The number of halogens is 1. The summed E-state index contributed by atoms with van der Waals surface area (Å²) in [6.07, 6.45) is 5.66. The zero-order valence-corrected chi connectivity index (χ0v) is 13.9. The van der Waals surface area contributed by atoms with E-state index in [1.165, 1.54) is 25.7 Å². The number of nitrogens with one attached hydrogen (secondary N) is 2. The second-order valence-corrected chi connectivity index (χ2v) is 6.41. The van der Waals surface area contributed by atoms with Gasteiger partial charge in [-0.25, -0.2) is 0 Å². The molecule has 1 amide bonds. The molecule has 5 heteroatoms. The Hall–Kier alpha value is -1.10. The number of hydrogen-bond acceptors (Lipinski definition) is 3. The van der Waals surface area contributed by atoms with Crippen molar-refractivity contribution in [3.63, 3.8) is 0 Å². The van der Waals surface area contributed by atoms with E-state index in [1.807, 2.05) is 30.3 Å². The lowest BCUT2D eigenvalue weighted by Gasteiger charge is -2.35. The minimum atomic E-state index is 0. The van der Waals surface area contributed by atoms with Crippen LogP contribution in [0.4, 0.5) is 5.69 Å². The maximum Gasteiger partial charge on any atom is 0.225 e. The second kappa shape index (κ2) is 7.95. The third-order valence-electron chi connectivity index (χ3n) is 4.82. The van der Waals surface area contributed by atoms with Crippen molar-refractivity contribution in [3.8, 4) is 0 Å². The van der Waals surface area contributed by atoms with E-state index in [2.05, 4.69) is 22.6 Å². The van der Waals surface area contributed by atoms with Gasteiger partial charge < -0.3 is 15.5 Å². The van der Waals surface area contributed by atoms with Gasteiger partial charge in [0.05, 0.1) is 0 Å². The number of hydrogen-bond donors (Lipinski definition) is 2. The lowest BCUT2D eigenvalue weighted by atomic mass is 9.98. The molecule has 1 aromatic rings. The molecule has 2 N–H and O–H groups in total. The zero-order chi connectivity index (χ0) is 14.7. The minimum absolute atomic E-state index is 0. The van der Waals surface area contributed by atoms with Gasteiger partial charge in [0.15, 0.2) is 0 Å². The fraction of sp³-hybridized carbons (Fsp3) is 0.588. The van der Waals surface area contributed by atoms with Crippen LogP contribution in [-0.2, 0) is 4.79 Å². The molecule has 0 saturated carbocycles. The molecule has 1 aromatic carbocycles. The molecule has 2 aliphatic heterocycles. The number of carbonyl (C=O) groups is 1. The standard InChI is InChI=1S/C17H25N3O.ClH/c1-20(16-11-14-7-8-15(12-16)18-14)10-9-17(21)19-13-5-3-2-4-6-13;/h2-6,14-16,18H,7-12H2,1H3,(H,19,21);1H. The molecule has 4 nitrogen and oxygen atoms in total. The summed E-state index contributed by atoms with van der Waals surface area (Å²) in [5, 5.41) is 6.62. The van der Waals surface area contributed by atoms with Gasteiger partial charge in [-0.05, 0) is 44.9 Å². The van der Waals surface area contributed by atoms with Crippen LogP contribution >= 0.6 is 12.4 Å². The van der Waals surface area contributed by atoms with Gasteiger partial charge in [0.25, 0.3) is 0 Å². The summed E-state index contributed by atoms with van der Waals surface area (Å²) in [5.74, 6) is 0.102. The molecule has 0 spiro atoms. The number of piperidine rings is 1. The first kappa shape index (κ1) is 17.3. The fourth-order valence-electron chi connectivity index (χ4n) is 3.59. The molecule has 0 aromatic heterocycles. The van der Waals surface area contributed by atoms with Crippen LogP contribution in [0, 0.1) is 0 Å². The van der Waals surface area contributed by atoms with Crippen molar-refractivity contribution >= 4 is 24.0 Å². The molecule has 0 radical (unpaired) electrons. The number of nitrogens with zero attached hydrogens (tertiary/aromatic N) is 1. The molecular weight excluding hydrogens is 298 g/mol. The molecule has 122 valence electrons. The van der Waals surface area contributed by atoms with Crippen LogP contribution < -0.4 is 10.6 Å². The number of para-hydroxylation sites is 1. The molecule has 2 fully saturated rings. The van der Waals surface area contributed by atoms with E-state index in [9.17, 15) is 4.79 Å². The van der Waals surface area contributed by atoms with Crippen molar-refractivity contribution in [1.82, 2.24) is 10.2 Å². The summed E-state index contributed by atoms with van der Waals surface area (Å²) in [6.45, 7) is 0.836. The van der Waals surface area contributed by atoms with Gasteiger partial charge in [-0.15, -0.1) is 12.4 Å². The maximum atomic E-state index is 12.0. The molecular formula is C17H26ClN3O. The first-order valence-electron chi connectivity index (χ1n) is 8.02. The highest BCUT2D eigenvalue weighted by molar-refractivity contribution is 5.90. The van der Waals surface area contributed by atoms with E-state index in [4.69, 9.17) is 0 Å². The van der Waals surface area contributed by atoms with Crippen LogP contribution in [0.2, 0.25) is 0 Å². The highest BCUT2D eigenvalue weighted by Gasteiger charge is 2.34. The molecule has 2 atom stereocenters. The largest absolute Gasteiger partial charge is 0.326 e. The average Bonchev–Trinajstić information content (AvgIpc) is 2.84. The molecule has 0 aliphatic carbocycles. The van der Waals surface area contributed by atoms with E-state index in [-0.39, 0.29) is 18.3 Å². The quantitative estimate of drug-likeness (QED) is 0.875. The van der Waals surface area contributed by atoms with E-state index in [0.29, 0.717) is 24.5 Å². The predicted octanol–water partition coefficient (Wildman–Crippen LogP) is 2.65. The van der Waals surface area contributed by atoms with Crippen molar-refractivity contribution in [3.05, 3.63) is 30.3 Å². The summed E-state index contributed by atoms with van der Waals surface area (Å²) in [4.78, 5) is 14.4. The van der Waals surface area contributed by atoms with Crippen molar-refractivity contribution in [2.24, 2.45) is 0 Å². The van der Waals surface area contributed by atoms with Crippen LogP contribution in [0.25, 0.3) is 0 Å². The third-order valence-corrected chi connectivity index (χ3v) is 4.82. The van der Waals surface area contributed by atoms with Gasteiger partial charge in [0.1, 0.15) is 0 Å². The Morgan fingerprint density at radius 3 is 2.50 bits per heavy atom. The highest BCUT2D eigenvalue weighted by Crippen LogP contribution is 2.29. The summed E-state index contributed by atoms with van der Waals surface area (Å²) in [5.41, 5.74) is 0.880. The Morgan fingerprint density at radius 2 is 1.86 bits per heavy atom.